The number of carbonyl (C=O) groups is 2. The average Bonchev–Trinajstić information content (AvgIpc) is 2.91. The highest BCUT2D eigenvalue weighted by molar-refractivity contribution is 6.05. The van der Waals surface area contributed by atoms with Crippen molar-refractivity contribution < 1.29 is 14.7 Å². The van der Waals surface area contributed by atoms with Crippen molar-refractivity contribution in [2.75, 3.05) is 22.1 Å². The van der Waals surface area contributed by atoms with Crippen LogP contribution in [-0.2, 0) is 0 Å². The van der Waals surface area contributed by atoms with E-state index in [0.717, 1.165) is 30.8 Å². The number of rotatable bonds is 10. The summed E-state index contributed by atoms with van der Waals surface area (Å²) >= 11 is 0. The minimum absolute atomic E-state index is 0.163. The summed E-state index contributed by atoms with van der Waals surface area (Å²) in [4.78, 5) is 26.7. The second kappa shape index (κ2) is 11.7. The van der Waals surface area contributed by atoms with Gasteiger partial charge in [-0.05, 0) is 73.2 Å². The zero-order valence-corrected chi connectivity index (χ0v) is 20.1. The lowest BCUT2D eigenvalue weighted by Gasteiger charge is -2.25. The number of hydrogen-bond donors (Lipinski definition) is 3. The van der Waals surface area contributed by atoms with Crippen LogP contribution in [0.15, 0.2) is 103 Å². The third-order valence-corrected chi connectivity index (χ3v) is 5.80. The fourth-order valence-electron chi connectivity index (χ4n) is 3.93. The summed E-state index contributed by atoms with van der Waals surface area (Å²) in [6.07, 6.45) is 2.18. The van der Waals surface area contributed by atoms with Gasteiger partial charge in [-0.3, -0.25) is 4.79 Å². The molecule has 0 bridgehead atoms. The number of anilines is 5. The summed E-state index contributed by atoms with van der Waals surface area (Å²) in [5, 5.41) is 15.5. The molecule has 4 aromatic carbocycles. The van der Waals surface area contributed by atoms with Crippen molar-refractivity contribution in [2.45, 2.75) is 19.8 Å². The average molecular weight is 480 g/mol. The first-order valence-corrected chi connectivity index (χ1v) is 12.0. The number of nitrogens with one attached hydrogen (secondary N) is 2. The molecular formula is C30H29N3O3. The van der Waals surface area contributed by atoms with Crippen LogP contribution in [-0.4, -0.2) is 23.5 Å². The Morgan fingerprint density at radius 1 is 0.778 bits per heavy atom. The van der Waals surface area contributed by atoms with E-state index in [1.54, 1.807) is 42.5 Å². The predicted octanol–water partition coefficient (Wildman–Crippen LogP) is 7.32. The van der Waals surface area contributed by atoms with Crippen molar-refractivity contribution >= 4 is 40.3 Å². The number of nitrogens with zero attached hydrogens (tertiary/aromatic N) is 1. The van der Waals surface area contributed by atoms with Crippen LogP contribution < -0.4 is 15.5 Å². The van der Waals surface area contributed by atoms with Crippen LogP contribution in [0, 0.1) is 0 Å². The first-order chi connectivity index (χ1) is 17.5. The summed E-state index contributed by atoms with van der Waals surface area (Å²) in [5.41, 5.74) is 4.61. The minimum Gasteiger partial charge on any atom is -0.478 e. The molecule has 36 heavy (non-hydrogen) atoms. The highest BCUT2D eigenvalue weighted by Crippen LogP contribution is 2.27. The highest BCUT2D eigenvalue weighted by Gasteiger charge is 2.12. The van der Waals surface area contributed by atoms with Crippen molar-refractivity contribution in [3.63, 3.8) is 0 Å². The molecule has 0 radical (unpaired) electrons. The molecule has 4 rings (SSSR count). The molecule has 3 N–H and O–H groups in total. The maximum absolute atomic E-state index is 12.9. The van der Waals surface area contributed by atoms with E-state index in [2.05, 4.69) is 34.6 Å². The van der Waals surface area contributed by atoms with Gasteiger partial charge >= 0.3 is 5.97 Å². The quantitative estimate of drug-likeness (QED) is 0.222. The molecule has 0 aromatic heterocycles. The van der Waals surface area contributed by atoms with Gasteiger partial charge in [-0.25, -0.2) is 4.79 Å². The molecule has 0 heterocycles. The van der Waals surface area contributed by atoms with Gasteiger partial charge in [0.2, 0.25) is 0 Å². The van der Waals surface area contributed by atoms with E-state index >= 15 is 0 Å². The first kappa shape index (κ1) is 24.5. The lowest BCUT2D eigenvalue weighted by Crippen LogP contribution is -2.18. The maximum Gasteiger partial charge on any atom is 0.337 e. The Labute approximate surface area is 211 Å². The number of hydrogen-bond acceptors (Lipinski definition) is 4. The van der Waals surface area contributed by atoms with Crippen LogP contribution in [0.5, 0.6) is 0 Å². The zero-order chi connectivity index (χ0) is 25.3. The molecule has 0 aliphatic carbocycles. The van der Waals surface area contributed by atoms with Gasteiger partial charge in [0.05, 0.1) is 11.3 Å². The molecule has 4 aromatic rings. The van der Waals surface area contributed by atoms with Gasteiger partial charge < -0.3 is 20.6 Å². The van der Waals surface area contributed by atoms with E-state index in [4.69, 9.17) is 0 Å². The molecule has 0 aliphatic heterocycles. The van der Waals surface area contributed by atoms with Gasteiger partial charge in [0, 0.05) is 34.9 Å². The summed E-state index contributed by atoms with van der Waals surface area (Å²) in [6.45, 7) is 3.09. The minimum atomic E-state index is -1.02. The number of carbonyl (C=O) groups excluding carboxylic acids is 1. The summed E-state index contributed by atoms with van der Waals surface area (Å²) in [7, 11) is 0. The van der Waals surface area contributed by atoms with E-state index < -0.39 is 5.97 Å². The molecule has 0 saturated carbocycles. The van der Waals surface area contributed by atoms with Gasteiger partial charge in [0.15, 0.2) is 0 Å². The van der Waals surface area contributed by atoms with Gasteiger partial charge in [-0.2, -0.15) is 0 Å². The molecule has 0 spiro atoms. The molecule has 0 saturated heterocycles. The molecule has 0 unspecified atom stereocenters. The summed E-state index contributed by atoms with van der Waals surface area (Å²) in [6, 6.07) is 31.7. The number of carboxylic acids is 1. The molecule has 6 nitrogen and oxygen atoms in total. The van der Waals surface area contributed by atoms with Crippen molar-refractivity contribution in [1.82, 2.24) is 0 Å². The number of benzene rings is 4. The molecule has 6 heteroatoms. The Kier molecular flexibility index (Phi) is 7.98. The molecular weight excluding hydrogens is 450 g/mol. The summed E-state index contributed by atoms with van der Waals surface area (Å²) in [5.74, 6) is -1.26. The highest BCUT2D eigenvalue weighted by atomic mass is 16.4. The Hall–Kier alpha value is -4.58. The maximum atomic E-state index is 12.9. The number of unbranched alkanes of at least 4 members (excludes halogenated alkanes) is 1. The fourth-order valence-corrected chi connectivity index (χ4v) is 3.93. The van der Waals surface area contributed by atoms with Crippen molar-refractivity contribution in [3.8, 4) is 0 Å². The Morgan fingerprint density at radius 2 is 1.47 bits per heavy atom. The van der Waals surface area contributed by atoms with Crippen molar-refractivity contribution in [3.05, 3.63) is 114 Å². The van der Waals surface area contributed by atoms with E-state index in [9.17, 15) is 14.7 Å². The SMILES string of the molecule is CCCCN(c1ccccc1)c1ccc(NC(=O)c2cccc(Nc3ccccc3C(=O)O)c2)cc1. The lowest BCUT2D eigenvalue weighted by molar-refractivity contribution is 0.0697. The van der Waals surface area contributed by atoms with E-state index in [0.29, 0.717) is 22.6 Å². The second-order valence-corrected chi connectivity index (χ2v) is 8.40. The van der Waals surface area contributed by atoms with Crippen LogP contribution >= 0.6 is 0 Å². The molecule has 182 valence electrons. The van der Waals surface area contributed by atoms with Crippen LogP contribution in [0.25, 0.3) is 0 Å². The van der Waals surface area contributed by atoms with Crippen molar-refractivity contribution in [1.29, 1.82) is 0 Å². The molecule has 0 fully saturated rings. The third-order valence-electron chi connectivity index (χ3n) is 5.80. The standard InChI is InChI=1S/C30H29N3O3/c1-2-3-20-33(25-12-5-4-6-13-25)26-18-16-23(17-19-26)32-29(34)22-10-9-11-24(21-22)31-28-15-8-7-14-27(28)30(35)36/h4-19,21,31H,2-3,20H2,1H3,(H,32,34)(H,35,36). The number of carboxylic acid groups (broad SMARTS) is 1. The van der Waals surface area contributed by atoms with Gasteiger partial charge in [-0.1, -0.05) is 49.7 Å². The van der Waals surface area contributed by atoms with Gasteiger partial charge in [0.25, 0.3) is 5.91 Å². The van der Waals surface area contributed by atoms with Gasteiger partial charge in [0.1, 0.15) is 0 Å². The number of aromatic carboxylic acids is 1. The Balaban J connectivity index is 1.47. The van der Waals surface area contributed by atoms with E-state index in [-0.39, 0.29) is 11.5 Å². The predicted molar refractivity (Wildman–Crippen MR) is 146 cm³/mol. The topological polar surface area (TPSA) is 81.7 Å². The fraction of sp³-hybridized carbons (Fsp3) is 0.133. The molecule has 1 amide bonds. The largest absolute Gasteiger partial charge is 0.478 e. The third kappa shape index (κ3) is 6.10. The summed E-state index contributed by atoms with van der Waals surface area (Å²) < 4.78 is 0. The first-order valence-electron chi connectivity index (χ1n) is 12.0. The monoisotopic (exact) mass is 479 g/mol. The molecule has 0 atom stereocenters. The van der Waals surface area contributed by atoms with E-state index in [1.807, 2.05) is 42.5 Å². The van der Waals surface area contributed by atoms with Crippen LogP contribution in [0.1, 0.15) is 40.5 Å². The Bertz CT molecular complexity index is 1320. The molecule has 0 aliphatic rings. The number of amides is 1. The van der Waals surface area contributed by atoms with Crippen LogP contribution in [0.3, 0.4) is 0 Å². The van der Waals surface area contributed by atoms with Crippen LogP contribution in [0.4, 0.5) is 28.4 Å². The zero-order valence-electron chi connectivity index (χ0n) is 20.1. The number of para-hydroxylation sites is 2. The van der Waals surface area contributed by atoms with E-state index in [1.165, 1.54) is 6.07 Å². The van der Waals surface area contributed by atoms with Crippen LogP contribution in [0.2, 0.25) is 0 Å². The second-order valence-electron chi connectivity index (χ2n) is 8.40. The smallest absolute Gasteiger partial charge is 0.337 e. The normalized spacial score (nSPS) is 10.5. The van der Waals surface area contributed by atoms with Crippen molar-refractivity contribution in [2.24, 2.45) is 0 Å². The Morgan fingerprint density at radius 3 is 2.19 bits per heavy atom. The van der Waals surface area contributed by atoms with Gasteiger partial charge in [-0.15, -0.1) is 0 Å². The lowest BCUT2D eigenvalue weighted by atomic mass is 10.1.